The number of amides is 4. The molecule has 2 fully saturated rings. The molecule has 2 aromatic carbocycles. The molecule has 2 aliphatic rings. The van der Waals surface area contributed by atoms with Crippen LogP contribution in [0.4, 0.5) is 9.59 Å². The first-order valence-corrected chi connectivity index (χ1v) is 14.6. The summed E-state index contributed by atoms with van der Waals surface area (Å²) in [6.07, 6.45) is 3.12. The van der Waals surface area contributed by atoms with E-state index < -0.39 is 24.0 Å². The minimum atomic E-state index is -0.874. The molecule has 2 aliphatic heterocycles. The van der Waals surface area contributed by atoms with Gasteiger partial charge in [-0.1, -0.05) is 48.5 Å². The Morgan fingerprint density at radius 3 is 2.57 bits per heavy atom. The minimum Gasteiger partial charge on any atom is -0.444 e. The second-order valence-electron chi connectivity index (χ2n) is 12.1. The summed E-state index contributed by atoms with van der Waals surface area (Å²) in [7, 11) is 1.62. The fourth-order valence-corrected chi connectivity index (χ4v) is 6.01. The summed E-state index contributed by atoms with van der Waals surface area (Å²) in [5.74, 6) is -0.314. The van der Waals surface area contributed by atoms with Crippen LogP contribution in [0.25, 0.3) is 10.9 Å². The van der Waals surface area contributed by atoms with Crippen molar-refractivity contribution in [1.82, 2.24) is 25.4 Å². The molecular formula is C32H41N5O5. The number of nitrogens with zero attached hydrogens (tertiary/aromatic N) is 2. The quantitative estimate of drug-likeness (QED) is 0.365. The topological polar surface area (TPSA) is 116 Å². The number of aromatic nitrogens is 1. The lowest BCUT2D eigenvalue weighted by Crippen LogP contribution is -2.67. The first kappa shape index (κ1) is 29.4. The zero-order chi connectivity index (χ0) is 29.9. The van der Waals surface area contributed by atoms with E-state index in [1.165, 1.54) is 0 Å². The Labute approximate surface area is 246 Å². The molecule has 224 valence electrons. The number of carbonyl (C=O) groups excluding carboxylic acids is 3. The summed E-state index contributed by atoms with van der Waals surface area (Å²) in [6.45, 7) is 6.42. The monoisotopic (exact) mass is 575 g/mol. The van der Waals surface area contributed by atoms with Gasteiger partial charge in [0, 0.05) is 56.2 Å². The van der Waals surface area contributed by atoms with Crippen LogP contribution in [-0.4, -0.2) is 76.4 Å². The second kappa shape index (κ2) is 12.4. The van der Waals surface area contributed by atoms with Gasteiger partial charge in [-0.2, -0.15) is 0 Å². The van der Waals surface area contributed by atoms with Crippen molar-refractivity contribution in [2.75, 3.05) is 13.7 Å². The number of ether oxygens (including phenoxy) is 2. The molecule has 4 atom stereocenters. The third kappa shape index (κ3) is 6.70. The molecule has 10 nitrogen and oxygen atoms in total. The Morgan fingerprint density at radius 1 is 1.10 bits per heavy atom. The highest BCUT2D eigenvalue weighted by Crippen LogP contribution is 2.31. The van der Waals surface area contributed by atoms with Gasteiger partial charge >= 0.3 is 12.1 Å². The Hall–Kier alpha value is -4.05. The van der Waals surface area contributed by atoms with Crippen LogP contribution in [0, 0.1) is 0 Å². The lowest BCUT2D eigenvalue weighted by Gasteiger charge is -2.50. The van der Waals surface area contributed by atoms with E-state index in [1.54, 1.807) is 32.8 Å². The van der Waals surface area contributed by atoms with Crippen molar-refractivity contribution in [3.05, 3.63) is 71.9 Å². The maximum absolute atomic E-state index is 13.9. The van der Waals surface area contributed by atoms with Gasteiger partial charge in [0.25, 0.3) is 0 Å². The molecular weight excluding hydrogens is 534 g/mol. The number of methoxy groups -OCH3 is 1. The predicted molar refractivity (Wildman–Crippen MR) is 160 cm³/mol. The van der Waals surface area contributed by atoms with Crippen LogP contribution in [0.3, 0.4) is 0 Å². The van der Waals surface area contributed by atoms with Gasteiger partial charge in [0.1, 0.15) is 17.9 Å². The number of H-pyrrole nitrogens is 1. The van der Waals surface area contributed by atoms with Crippen LogP contribution in [0.2, 0.25) is 0 Å². The van der Waals surface area contributed by atoms with Crippen LogP contribution in [0.15, 0.2) is 60.8 Å². The largest absolute Gasteiger partial charge is 0.444 e. The summed E-state index contributed by atoms with van der Waals surface area (Å²) in [5.41, 5.74) is 2.19. The third-order valence-electron chi connectivity index (χ3n) is 7.96. The van der Waals surface area contributed by atoms with Crippen LogP contribution >= 0.6 is 0 Å². The number of benzene rings is 2. The Morgan fingerprint density at radius 2 is 1.83 bits per heavy atom. The highest BCUT2D eigenvalue weighted by molar-refractivity contribution is 5.88. The summed E-state index contributed by atoms with van der Waals surface area (Å²) in [6, 6.07) is 16.2. The van der Waals surface area contributed by atoms with E-state index >= 15 is 0 Å². The fraction of sp³-hybridized carbons (Fsp3) is 0.469. The van der Waals surface area contributed by atoms with E-state index in [9.17, 15) is 14.4 Å². The zero-order valence-corrected chi connectivity index (χ0v) is 24.8. The molecule has 5 rings (SSSR count). The lowest BCUT2D eigenvalue weighted by atomic mass is 9.90. The molecule has 0 radical (unpaired) electrons. The van der Waals surface area contributed by atoms with Crippen molar-refractivity contribution < 1.29 is 23.9 Å². The van der Waals surface area contributed by atoms with Gasteiger partial charge in [-0.25, -0.2) is 9.59 Å². The molecule has 0 bridgehead atoms. The molecule has 3 N–H and O–H groups in total. The molecule has 1 aromatic heterocycles. The number of piperidine rings is 1. The van der Waals surface area contributed by atoms with Gasteiger partial charge in [0.2, 0.25) is 5.91 Å². The fourth-order valence-electron chi connectivity index (χ4n) is 6.01. The number of carbonyl (C=O) groups is 3. The number of fused-ring (bicyclic) bond motifs is 2. The number of para-hydroxylation sites is 1. The summed E-state index contributed by atoms with van der Waals surface area (Å²) in [4.78, 5) is 47.2. The van der Waals surface area contributed by atoms with Gasteiger partial charge in [-0.3, -0.25) is 9.69 Å². The van der Waals surface area contributed by atoms with Crippen LogP contribution in [-0.2, 0) is 27.2 Å². The first-order chi connectivity index (χ1) is 20.1. The Kier molecular flexibility index (Phi) is 8.72. The Balaban J connectivity index is 1.33. The van der Waals surface area contributed by atoms with Crippen LogP contribution in [0.1, 0.15) is 51.2 Å². The highest BCUT2D eigenvalue weighted by Gasteiger charge is 2.45. The minimum absolute atomic E-state index is 0.0943. The van der Waals surface area contributed by atoms with E-state index in [4.69, 9.17) is 9.47 Å². The lowest BCUT2D eigenvalue weighted by molar-refractivity contribution is -0.126. The van der Waals surface area contributed by atoms with Crippen LogP contribution in [0.5, 0.6) is 0 Å². The maximum Gasteiger partial charge on any atom is 0.408 e. The number of urea groups is 1. The number of hydrogen-bond donors (Lipinski definition) is 3. The molecule has 0 aliphatic carbocycles. The van der Waals surface area contributed by atoms with Gasteiger partial charge in [-0.05, 0) is 50.8 Å². The SMILES string of the molecule is COC1C[C@H]2[C@H](NC(=O)C(Cc3c[nH]c4ccccc34)NC(=O)OC(C)(C)C)CCCN2C(=O)N1Cc1ccccc1. The smallest absolute Gasteiger partial charge is 0.408 e. The van der Waals surface area contributed by atoms with E-state index in [2.05, 4.69) is 15.6 Å². The van der Waals surface area contributed by atoms with Crippen molar-refractivity contribution >= 4 is 28.9 Å². The highest BCUT2D eigenvalue weighted by atomic mass is 16.6. The summed E-state index contributed by atoms with van der Waals surface area (Å²) >= 11 is 0. The number of alkyl carbamates (subject to hydrolysis) is 1. The van der Waals surface area contributed by atoms with Gasteiger partial charge < -0.3 is 30.0 Å². The molecule has 4 amide bonds. The Bertz CT molecular complexity index is 1400. The van der Waals surface area contributed by atoms with E-state index in [1.807, 2.05) is 65.7 Å². The van der Waals surface area contributed by atoms with Gasteiger partial charge in [0.05, 0.1) is 6.04 Å². The average Bonchev–Trinajstić information content (AvgIpc) is 3.36. The summed E-state index contributed by atoms with van der Waals surface area (Å²) in [5, 5.41) is 6.98. The van der Waals surface area contributed by atoms with Gasteiger partial charge in [0.15, 0.2) is 0 Å². The average molecular weight is 576 g/mol. The van der Waals surface area contributed by atoms with Crippen molar-refractivity contribution in [1.29, 1.82) is 0 Å². The molecule has 3 aromatic rings. The maximum atomic E-state index is 13.9. The number of nitrogens with one attached hydrogen (secondary N) is 3. The third-order valence-corrected chi connectivity index (χ3v) is 7.96. The van der Waals surface area contributed by atoms with Crippen LogP contribution < -0.4 is 10.6 Å². The molecule has 42 heavy (non-hydrogen) atoms. The first-order valence-electron chi connectivity index (χ1n) is 14.6. The molecule has 2 unspecified atom stereocenters. The summed E-state index contributed by atoms with van der Waals surface area (Å²) < 4.78 is 11.3. The standard InChI is InChI=1S/C32H41N5O5/c1-32(2,3)42-30(39)35-26(17-22-19-33-24-14-9-8-13-23(22)24)29(38)34-25-15-10-16-36-27(25)18-28(41-4)37(31(36)40)20-21-11-6-5-7-12-21/h5-9,11-14,19,25-28,33H,10,15-18,20H2,1-4H3,(H,34,38)(H,35,39)/t25-,26?,27+,28?/m1/s1. The number of rotatable bonds is 8. The van der Waals surface area contributed by atoms with E-state index in [-0.39, 0.29) is 30.4 Å². The number of aromatic amines is 1. The normalized spacial score (nSPS) is 21.5. The van der Waals surface area contributed by atoms with E-state index in [0.29, 0.717) is 19.5 Å². The molecule has 3 heterocycles. The number of hydrogen-bond acceptors (Lipinski definition) is 5. The zero-order valence-electron chi connectivity index (χ0n) is 24.8. The van der Waals surface area contributed by atoms with Crippen molar-refractivity contribution in [3.63, 3.8) is 0 Å². The van der Waals surface area contributed by atoms with E-state index in [0.717, 1.165) is 34.9 Å². The molecule has 10 heteroatoms. The molecule has 0 saturated carbocycles. The van der Waals surface area contributed by atoms with Crippen molar-refractivity contribution in [2.24, 2.45) is 0 Å². The predicted octanol–water partition coefficient (Wildman–Crippen LogP) is 4.55. The molecule has 0 spiro atoms. The van der Waals surface area contributed by atoms with Gasteiger partial charge in [-0.15, -0.1) is 0 Å². The van der Waals surface area contributed by atoms with Crippen molar-refractivity contribution in [3.8, 4) is 0 Å². The second-order valence-corrected chi connectivity index (χ2v) is 12.1. The van der Waals surface area contributed by atoms with Crippen molar-refractivity contribution in [2.45, 2.75) is 83.0 Å². The molecule has 2 saturated heterocycles.